The highest BCUT2D eigenvalue weighted by molar-refractivity contribution is 6.32. The van der Waals surface area contributed by atoms with Crippen LogP contribution in [0.1, 0.15) is 5.56 Å². The summed E-state index contributed by atoms with van der Waals surface area (Å²) in [5.41, 5.74) is 0.681. The van der Waals surface area contributed by atoms with Crippen molar-refractivity contribution >= 4 is 47.0 Å². The van der Waals surface area contributed by atoms with Crippen LogP contribution in [0.15, 0.2) is 48.7 Å². The number of nitrogens with one attached hydrogen (secondary N) is 1. The lowest BCUT2D eigenvalue weighted by molar-refractivity contribution is -0.142. The molecule has 0 spiro atoms. The van der Waals surface area contributed by atoms with Gasteiger partial charge in [-0.1, -0.05) is 41.4 Å². The Balaban J connectivity index is 1.81. The number of carbonyl (C=O) groups is 2. The van der Waals surface area contributed by atoms with Crippen LogP contribution in [0, 0.1) is 0 Å². The Morgan fingerprint density at radius 1 is 1.17 bits per heavy atom. The second-order valence-corrected chi connectivity index (χ2v) is 5.22. The van der Waals surface area contributed by atoms with E-state index in [2.05, 4.69) is 10.3 Å². The summed E-state index contributed by atoms with van der Waals surface area (Å²) >= 11 is 11.6. The number of benzene rings is 1. The second-order valence-electron chi connectivity index (χ2n) is 4.37. The monoisotopic (exact) mass is 350 g/mol. The molecule has 1 aromatic heterocycles. The molecular formula is C16H12Cl2N2O3. The van der Waals surface area contributed by atoms with E-state index in [-0.39, 0.29) is 0 Å². The number of anilines is 1. The molecule has 0 fully saturated rings. The van der Waals surface area contributed by atoms with Crippen molar-refractivity contribution in [3.8, 4) is 0 Å². The minimum Gasteiger partial charge on any atom is -0.452 e. The molecule has 0 unspecified atom stereocenters. The van der Waals surface area contributed by atoms with Gasteiger partial charge in [0.25, 0.3) is 5.91 Å². The first-order valence-corrected chi connectivity index (χ1v) is 7.31. The zero-order valence-electron chi connectivity index (χ0n) is 11.8. The molecule has 0 aliphatic rings. The maximum atomic E-state index is 11.6. The number of amides is 1. The van der Waals surface area contributed by atoms with Crippen LogP contribution in [0.2, 0.25) is 10.0 Å². The van der Waals surface area contributed by atoms with Gasteiger partial charge in [0.2, 0.25) is 0 Å². The van der Waals surface area contributed by atoms with Gasteiger partial charge in [-0.2, -0.15) is 0 Å². The van der Waals surface area contributed by atoms with Gasteiger partial charge in [-0.15, -0.1) is 0 Å². The highest BCUT2D eigenvalue weighted by Gasteiger charge is 2.06. The normalized spacial score (nSPS) is 10.5. The third kappa shape index (κ3) is 5.73. The summed E-state index contributed by atoms with van der Waals surface area (Å²) in [6.07, 6.45) is 4.12. The van der Waals surface area contributed by atoms with Crippen LogP contribution in [0.25, 0.3) is 6.08 Å². The Morgan fingerprint density at radius 2 is 1.96 bits per heavy atom. The van der Waals surface area contributed by atoms with Gasteiger partial charge in [0.15, 0.2) is 6.61 Å². The lowest BCUT2D eigenvalue weighted by Gasteiger charge is -2.04. The lowest BCUT2D eigenvalue weighted by Crippen LogP contribution is -2.20. The molecule has 2 rings (SSSR count). The van der Waals surface area contributed by atoms with Crippen LogP contribution in [-0.4, -0.2) is 23.5 Å². The number of aromatic nitrogens is 1. The van der Waals surface area contributed by atoms with E-state index in [4.69, 9.17) is 27.9 Å². The SMILES string of the molecule is O=C(COC(=O)C=Cc1ccccc1Cl)Nc1ccc(Cl)cn1. The maximum absolute atomic E-state index is 11.6. The van der Waals surface area contributed by atoms with Gasteiger partial charge in [0.1, 0.15) is 5.82 Å². The van der Waals surface area contributed by atoms with Crippen molar-refractivity contribution in [2.45, 2.75) is 0 Å². The van der Waals surface area contributed by atoms with Crippen LogP contribution in [-0.2, 0) is 14.3 Å². The first-order valence-electron chi connectivity index (χ1n) is 6.55. The maximum Gasteiger partial charge on any atom is 0.331 e. The Kier molecular flexibility index (Phi) is 6.14. The summed E-state index contributed by atoms with van der Waals surface area (Å²) in [5, 5.41) is 3.45. The molecule has 0 bridgehead atoms. The van der Waals surface area contributed by atoms with Gasteiger partial charge >= 0.3 is 5.97 Å². The molecular weight excluding hydrogens is 339 g/mol. The molecule has 0 atom stereocenters. The van der Waals surface area contributed by atoms with Gasteiger partial charge < -0.3 is 10.1 Å². The van der Waals surface area contributed by atoms with Crippen LogP contribution >= 0.6 is 23.2 Å². The molecule has 23 heavy (non-hydrogen) atoms. The molecule has 1 aromatic carbocycles. The lowest BCUT2D eigenvalue weighted by atomic mass is 10.2. The van der Waals surface area contributed by atoms with Crippen molar-refractivity contribution in [3.63, 3.8) is 0 Å². The Bertz CT molecular complexity index is 730. The standard InChI is InChI=1S/C16H12Cl2N2O3/c17-12-6-7-14(19-9-12)20-15(21)10-23-16(22)8-5-11-3-1-2-4-13(11)18/h1-9H,10H2,(H,19,20,21). The number of carbonyl (C=O) groups excluding carboxylic acids is 2. The number of rotatable bonds is 5. The fourth-order valence-electron chi connectivity index (χ4n) is 1.58. The molecule has 118 valence electrons. The summed E-state index contributed by atoms with van der Waals surface area (Å²) in [7, 11) is 0. The van der Waals surface area contributed by atoms with Gasteiger partial charge in [-0.3, -0.25) is 4.79 Å². The van der Waals surface area contributed by atoms with E-state index in [1.54, 1.807) is 36.4 Å². The molecule has 5 nitrogen and oxygen atoms in total. The fourth-order valence-corrected chi connectivity index (χ4v) is 1.89. The van der Waals surface area contributed by atoms with E-state index in [0.717, 1.165) is 0 Å². The molecule has 0 aliphatic heterocycles. The second kappa shape index (κ2) is 8.31. The highest BCUT2D eigenvalue weighted by Crippen LogP contribution is 2.16. The smallest absolute Gasteiger partial charge is 0.331 e. The number of ether oxygens (including phenoxy) is 1. The summed E-state index contributed by atoms with van der Waals surface area (Å²) in [5.74, 6) is -0.828. The van der Waals surface area contributed by atoms with E-state index in [1.807, 2.05) is 0 Å². The molecule has 1 N–H and O–H groups in total. The first kappa shape index (κ1) is 17.0. The van der Waals surface area contributed by atoms with Crippen molar-refractivity contribution in [2.24, 2.45) is 0 Å². The summed E-state index contributed by atoms with van der Waals surface area (Å²) in [4.78, 5) is 27.1. The third-order valence-electron chi connectivity index (χ3n) is 2.64. The third-order valence-corrected chi connectivity index (χ3v) is 3.21. The van der Waals surface area contributed by atoms with Crippen molar-refractivity contribution in [3.05, 3.63) is 64.3 Å². The Hall–Kier alpha value is -2.37. The zero-order chi connectivity index (χ0) is 16.7. The quantitative estimate of drug-likeness (QED) is 0.660. The molecule has 0 saturated carbocycles. The molecule has 1 heterocycles. The van der Waals surface area contributed by atoms with Crippen LogP contribution < -0.4 is 5.32 Å². The summed E-state index contributed by atoms with van der Waals surface area (Å²) in [6.45, 7) is -0.421. The van der Waals surface area contributed by atoms with E-state index < -0.39 is 18.5 Å². The molecule has 0 radical (unpaired) electrons. The van der Waals surface area contributed by atoms with E-state index in [1.165, 1.54) is 18.3 Å². The Labute approximate surface area is 142 Å². The largest absolute Gasteiger partial charge is 0.452 e. The number of hydrogen-bond donors (Lipinski definition) is 1. The van der Waals surface area contributed by atoms with Gasteiger partial charge in [-0.25, -0.2) is 9.78 Å². The summed E-state index contributed by atoms with van der Waals surface area (Å²) in [6, 6.07) is 10.2. The molecule has 1 amide bonds. The molecule has 2 aromatic rings. The van der Waals surface area contributed by atoms with Crippen LogP contribution in [0.3, 0.4) is 0 Å². The fraction of sp³-hybridized carbons (Fsp3) is 0.0625. The average molecular weight is 351 g/mol. The topological polar surface area (TPSA) is 68.3 Å². The molecule has 0 saturated heterocycles. The highest BCUT2D eigenvalue weighted by atomic mass is 35.5. The van der Waals surface area contributed by atoms with Gasteiger partial charge in [-0.05, 0) is 29.8 Å². The van der Waals surface area contributed by atoms with Crippen LogP contribution in [0.4, 0.5) is 5.82 Å². The number of nitrogens with zero attached hydrogens (tertiary/aromatic N) is 1. The zero-order valence-corrected chi connectivity index (χ0v) is 13.3. The van der Waals surface area contributed by atoms with Gasteiger partial charge in [0.05, 0.1) is 5.02 Å². The van der Waals surface area contributed by atoms with Crippen LogP contribution in [0.5, 0.6) is 0 Å². The van der Waals surface area contributed by atoms with Crippen molar-refractivity contribution < 1.29 is 14.3 Å². The number of esters is 1. The van der Waals surface area contributed by atoms with Crippen molar-refractivity contribution in [2.75, 3.05) is 11.9 Å². The average Bonchev–Trinajstić information content (AvgIpc) is 2.54. The van der Waals surface area contributed by atoms with E-state index >= 15 is 0 Å². The summed E-state index contributed by atoms with van der Waals surface area (Å²) < 4.78 is 4.83. The predicted octanol–water partition coefficient (Wildman–Crippen LogP) is 3.58. The predicted molar refractivity (Wildman–Crippen MR) is 89.3 cm³/mol. The number of pyridine rings is 1. The Morgan fingerprint density at radius 3 is 2.65 bits per heavy atom. The first-order chi connectivity index (χ1) is 11.0. The minimum absolute atomic E-state index is 0.321. The van der Waals surface area contributed by atoms with E-state index in [9.17, 15) is 9.59 Å². The number of hydrogen-bond acceptors (Lipinski definition) is 4. The van der Waals surface area contributed by atoms with Gasteiger partial charge in [0, 0.05) is 17.3 Å². The minimum atomic E-state index is -0.649. The molecule has 7 heteroatoms. The molecule has 0 aliphatic carbocycles. The van der Waals surface area contributed by atoms with Crippen molar-refractivity contribution in [1.82, 2.24) is 4.98 Å². The van der Waals surface area contributed by atoms with E-state index in [0.29, 0.717) is 21.4 Å². The number of halogens is 2. The van der Waals surface area contributed by atoms with Crippen molar-refractivity contribution in [1.29, 1.82) is 0 Å².